The summed E-state index contributed by atoms with van der Waals surface area (Å²) in [7, 11) is -0.855. The molecule has 18 heavy (non-hydrogen) atoms. The first-order valence-electron chi connectivity index (χ1n) is 6.60. The van der Waals surface area contributed by atoms with E-state index in [-0.39, 0.29) is 5.41 Å². The van der Waals surface area contributed by atoms with Gasteiger partial charge in [-0.3, -0.25) is 4.21 Å². The van der Waals surface area contributed by atoms with Crippen LogP contribution in [0.25, 0.3) is 0 Å². The summed E-state index contributed by atoms with van der Waals surface area (Å²) in [6.45, 7) is 7.12. The number of hydrogen-bond donors (Lipinski definition) is 1. The van der Waals surface area contributed by atoms with Crippen LogP contribution in [0.3, 0.4) is 0 Å². The van der Waals surface area contributed by atoms with Crippen molar-refractivity contribution in [3.63, 3.8) is 0 Å². The molecule has 1 aromatic rings. The number of benzene rings is 1. The maximum atomic E-state index is 12.1. The van der Waals surface area contributed by atoms with Crippen LogP contribution in [0.4, 0.5) is 0 Å². The Bertz CT molecular complexity index is 401. The van der Waals surface area contributed by atoms with E-state index in [1.807, 2.05) is 31.2 Å². The highest BCUT2D eigenvalue weighted by atomic mass is 32.2. The summed E-state index contributed by atoms with van der Waals surface area (Å²) in [6, 6.07) is 7.97. The van der Waals surface area contributed by atoms with Crippen LogP contribution in [0.2, 0.25) is 0 Å². The van der Waals surface area contributed by atoms with Crippen LogP contribution in [0.1, 0.15) is 38.7 Å². The Morgan fingerprint density at radius 3 is 2.61 bits per heavy atom. The minimum Gasteiger partial charge on any atom is -0.330 e. The molecule has 0 spiro atoms. The summed E-state index contributed by atoms with van der Waals surface area (Å²) in [5.74, 6) is 0.754. The Kier molecular flexibility index (Phi) is 6.03. The molecule has 102 valence electrons. The number of nitrogens with two attached hydrogens (primary N) is 1. The van der Waals surface area contributed by atoms with Crippen LogP contribution >= 0.6 is 0 Å². The lowest BCUT2D eigenvalue weighted by atomic mass is 9.88. The topological polar surface area (TPSA) is 43.1 Å². The third kappa shape index (κ3) is 5.32. The first-order chi connectivity index (χ1) is 8.44. The SMILES string of the molecule is Cc1cccc(S(=O)CCCCC(C)(C)CN)c1. The van der Waals surface area contributed by atoms with Crippen molar-refractivity contribution >= 4 is 10.8 Å². The molecule has 0 aliphatic carbocycles. The zero-order chi connectivity index (χ0) is 13.6. The van der Waals surface area contributed by atoms with E-state index in [1.165, 1.54) is 5.56 Å². The molecule has 1 aromatic carbocycles. The van der Waals surface area contributed by atoms with Crippen LogP contribution in [-0.4, -0.2) is 16.5 Å². The maximum absolute atomic E-state index is 12.1. The lowest BCUT2D eigenvalue weighted by Gasteiger charge is -2.21. The van der Waals surface area contributed by atoms with Gasteiger partial charge in [-0.2, -0.15) is 0 Å². The van der Waals surface area contributed by atoms with E-state index < -0.39 is 10.8 Å². The van der Waals surface area contributed by atoms with Crippen molar-refractivity contribution in [1.82, 2.24) is 0 Å². The van der Waals surface area contributed by atoms with Crippen molar-refractivity contribution in [2.75, 3.05) is 12.3 Å². The molecule has 2 N–H and O–H groups in total. The first-order valence-corrected chi connectivity index (χ1v) is 7.92. The number of unbranched alkanes of at least 4 members (excludes halogenated alkanes) is 1. The molecule has 0 saturated carbocycles. The minimum absolute atomic E-state index is 0.213. The summed E-state index contributed by atoms with van der Waals surface area (Å²) >= 11 is 0. The zero-order valence-electron chi connectivity index (χ0n) is 11.7. The van der Waals surface area contributed by atoms with E-state index in [0.717, 1.165) is 29.9 Å². The van der Waals surface area contributed by atoms with Gasteiger partial charge in [-0.1, -0.05) is 32.4 Å². The van der Waals surface area contributed by atoms with Crippen LogP contribution < -0.4 is 5.73 Å². The summed E-state index contributed by atoms with van der Waals surface area (Å²) in [5, 5.41) is 0. The van der Waals surface area contributed by atoms with Gasteiger partial charge in [0, 0.05) is 10.6 Å². The van der Waals surface area contributed by atoms with Gasteiger partial charge in [0.2, 0.25) is 0 Å². The molecule has 0 aliphatic heterocycles. The van der Waals surface area contributed by atoms with Crippen LogP contribution in [0, 0.1) is 12.3 Å². The normalized spacial score (nSPS) is 13.6. The van der Waals surface area contributed by atoms with Crippen molar-refractivity contribution in [1.29, 1.82) is 0 Å². The molecule has 0 fully saturated rings. The molecule has 3 heteroatoms. The lowest BCUT2D eigenvalue weighted by molar-refractivity contribution is 0.336. The van der Waals surface area contributed by atoms with Gasteiger partial charge in [-0.05, 0) is 49.4 Å². The molecule has 0 aliphatic rings. The monoisotopic (exact) mass is 267 g/mol. The predicted octanol–water partition coefficient (Wildman–Crippen LogP) is 3.26. The molecular weight excluding hydrogens is 242 g/mol. The summed E-state index contributed by atoms with van der Waals surface area (Å²) in [6.07, 6.45) is 3.21. The van der Waals surface area contributed by atoms with Gasteiger partial charge in [-0.15, -0.1) is 0 Å². The first kappa shape index (κ1) is 15.4. The van der Waals surface area contributed by atoms with E-state index in [9.17, 15) is 4.21 Å². The van der Waals surface area contributed by atoms with E-state index in [2.05, 4.69) is 13.8 Å². The molecule has 2 nitrogen and oxygen atoms in total. The third-order valence-electron chi connectivity index (χ3n) is 3.24. The smallest absolute Gasteiger partial charge is 0.0529 e. The number of aryl methyl sites for hydroxylation is 1. The third-order valence-corrected chi connectivity index (χ3v) is 4.68. The molecule has 0 saturated heterocycles. The molecule has 1 unspecified atom stereocenters. The second-order valence-electron chi connectivity index (χ2n) is 5.69. The Balaban J connectivity index is 2.34. The largest absolute Gasteiger partial charge is 0.330 e. The fourth-order valence-corrected chi connectivity index (χ4v) is 3.06. The predicted molar refractivity (Wildman–Crippen MR) is 79.1 cm³/mol. The van der Waals surface area contributed by atoms with Crippen molar-refractivity contribution in [2.45, 2.75) is 44.9 Å². The maximum Gasteiger partial charge on any atom is 0.0529 e. The summed E-state index contributed by atoms with van der Waals surface area (Å²) in [5.41, 5.74) is 7.08. The fraction of sp³-hybridized carbons (Fsp3) is 0.600. The highest BCUT2D eigenvalue weighted by molar-refractivity contribution is 7.85. The van der Waals surface area contributed by atoms with E-state index in [4.69, 9.17) is 5.73 Å². The van der Waals surface area contributed by atoms with Gasteiger partial charge in [0.15, 0.2) is 0 Å². The van der Waals surface area contributed by atoms with Crippen molar-refractivity contribution in [3.8, 4) is 0 Å². The van der Waals surface area contributed by atoms with Gasteiger partial charge in [-0.25, -0.2) is 0 Å². The minimum atomic E-state index is -0.855. The average molecular weight is 267 g/mol. The van der Waals surface area contributed by atoms with Crippen LogP contribution in [0.15, 0.2) is 29.2 Å². The van der Waals surface area contributed by atoms with E-state index >= 15 is 0 Å². The summed E-state index contributed by atoms with van der Waals surface area (Å²) in [4.78, 5) is 0.952. The molecular formula is C15H25NOS. The van der Waals surface area contributed by atoms with Gasteiger partial charge >= 0.3 is 0 Å². The molecule has 0 heterocycles. The Labute approximate surface area is 113 Å². The number of rotatable bonds is 7. The van der Waals surface area contributed by atoms with Gasteiger partial charge in [0.1, 0.15) is 0 Å². The van der Waals surface area contributed by atoms with Crippen molar-refractivity contribution in [2.24, 2.45) is 11.1 Å². The fourth-order valence-electron chi connectivity index (χ4n) is 1.81. The van der Waals surface area contributed by atoms with Crippen LogP contribution in [0.5, 0.6) is 0 Å². The van der Waals surface area contributed by atoms with Crippen molar-refractivity contribution < 1.29 is 4.21 Å². The molecule has 1 rings (SSSR count). The van der Waals surface area contributed by atoms with Crippen LogP contribution in [-0.2, 0) is 10.8 Å². The van der Waals surface area contributed by atoms with E-state index in [0.29, 0.717) is 6.54 Å². The number of hydrogen-bond acceptors (Lipinski definition) is 2. The molecule has 0 bridgehead atoms. The molecule has 0 amide bonds. The zero-order valence-corrected chi connectivity index (χ0v) is 12.6. The second kappa shape index (κ2) is 7.05. The Morgan fingerprint density at radius 1 is 1.28 bits per heavy atom. The molecule has 1 atom stereocenters. The summed E-state index contributed by atoms with van der Waals surface area (Å²) < 4.78 is 12.1. The van der Waals surface area contributed by atoms with E-state index in [1.54, 1.807) is 0 Å². The highest BCUT2D eigenvalue weighted by Gasteiger charge is 2.14. The Morgan fingerprint density at radius 2 is 2.00 bits per heavy atom. The van der Waals surface area contributed by atoms with Gasteiger partial charge in [0.25, 0.3) is 0 Å². The van der Waals surface area contributed by atoms with Gasteiger partial charge in [0.05, 0.1) is 10.8 Å². The standard InChI is InChI=1S/C15H25NOS/c1-13-7-6-8-14(11-13)18(17)10-5-4-9-15(2,3)12-16/h6-8,11H,4-5,9-10,12,16H2,1-3H3. The average Bonchev–Trinajstić information content (AvgIpc) is 2.34. The molecule has 0 radical (unpaired) electrons. The van der Waals surface area contributed by atoms with Gasteiger partial charge < -0.3 is 5.73 Å². The highest BCUT2D eigenvalue weighted by Crippen LogP contribution is 2.21. The van der Waals surface area contributed by atoms with Crippen molar-refractivity contribution in [3.05, 3.63) is 29.8 Å². The second-order valence-corrected chi connectivity index (χ2v) is 7.26. The molecule has 0 aromatic heterocycles. The quantitative estimate of drug-likeness (QED) is 0.771. The lowest BCUT2D eigenvalue weighted by Crippen LogP contribution is -2.23. The Hall–Kier alpha value is -0.670.